The van der Waals surface area contributed by atoms with Gasteiger partial charge in [-0.3, -0.25) is 4.79 Å². The third-order valence-electron chi connectivity index (χ3n) is 4.66. The van der Waals surface area contributed by atoms with Gasteiger partial charge in [-0.05, 0) is 37.8 Å². The molecule has 5 heteroatoms. The smallest absolute Gasteiger partial charge is 0.243 e. The molecule has 4 nitrogen and oxygen atoms in total. The fourth-order valence-electron chi connectivity index (χ4n) is 3.61. The van der Waals surface area contributed by atoms with E-state index in [-0.39, 0.29) is 17.7 Å². The summed E-state index contributed by atoms with van der Waals surface area (Å²) in [5.74, 6) is 0.152. The normalized spacial score (nSPS) is 27.9. The van der Waals surface area contributed by atoms with Crippen LogP contribution in [0.15, 0.2) is 35.2 Å². The molecule has 0 aromatic heterocycles. The highest BCUT2D eigenvalue weighted by Gasteiger charge is 2.41. The third kappa shape index (κ3) is 2.77. The number of hydrogen-bond acceptors (Lipinski definition) is 3. The van der Waals surface area contributed by atoms with E-state index in [1.54, 1.807) is 28.6 Å². The Hall–Kier alpha value is -1.20. The number of sulfonamides is 1. The number of piperidine rings is 1. The molecular weight excluding hydrogens is 286 g/mol. The van der Waals surface area contributed by atoms with Gasteiger partial charge in [0.2, 0.25) is 10.0 Å². The average Bonchev–Trinajstić information content (AvgIpc) is 2.94. The number of ketones is 1. The van der Waals surface area contributed by atoms with E-state index in [4.69, 9.17) is 0 Å². The molecule has 2 fully saturated rings. The van der Waals surface area contributed by atoms with Gasteiger partial charge in [-0.1, -0.05) is 24.6 Å². The van der Waals surface area contributed by atoms with E-state index in [9.17, 15) is 13.2 Å². The minimum Gasteiger partial charge on any atom is -0.299 e. The Bertz CT molecular complexity index is 612. The van der Waals surface area contributed by atoms with Crippen LogP contribution in [0.5, 0.6) is 0 Å². The molecule has 0 N–H and O–H groups in total. The zero-order valence-corrected chi connectivity index (χ0v) is 12.9. The maximum absolute atomic E-state index is 12.9. The highest BCUT2D eigenvalue weighted by molar-refractivity contribution is 7.89. The summed E-state index contributed by atoms with van der Waals surface area (Å²) in [6.45, 7) is 0.533. The van der Waals surface area contributed by atoms with Crippen LogP contribution in [-0.2, 0) is 14.8 Å². The largest absolute Gasteiger partial charge is 0.299 e. The van der Waals surface area contributed by atoms with Crippen molar-refractivity contribution < 1.29 is 13.2 Å². The minimum absolute atomic E-state index is 0.0937. The Morgan fingerprint density at radius 3 is 2.43 bits per heavy atom. The van der Waals surface area contributed by atoms with Crippen molar-refractivity contribution in [2.75, 3.05) is 6.54 Å². The number of carbonyl (C=O) groups excluding carboxylic acids is 1. The molecule has 2 unspecified atom stereocenters. The second-order valence-corrected chi connectivity index (χ2v) is 7.85. The van der Waals surface area contributed by atoms with Gasteiger partial charge >= 0.3 is 0 Å². The fraction of sp³-hybridized carbons (Fsp3) is 0.562. The van der Waals surface area contributed by atoms with Gasteiger partial charge in [-0.2, -0.15) is 4.31 Å². The van der Waals surface area contributed by atoms with Crippen LogP contribution in [0.2, 0.25) is 0 Å². The lowest BCUT2D eigenvalue weighted by Gasteiger charge is -2.37. The first kappa shape index (κ1) is 14.7. The van der Waals surface area contributed by atoms with Crippen molar-refractivity contribution in [2.24, 2.45) is 5.92 Å². The van der Waals surface area contributed by atoms with Crippen molar-refractivity contribution in [3.8, 4) is 0 Å². The second-order valence-electron chi connectivity index (χ2n) is 5.96. The summed E-state index contributed by atoms with van der Waals surface area (Å²) in [5, 5.41) is 0. The number of Topliss-reactive ketones (excluding diaryl/α,β-unsaturated/α-hetero) is 1. The summed E-state index contributed by atoms with van der Waals surface area (Å²) >= 11 is 0. The molecule has 0 bridgehead atoms. The fourth-order valence-corrected chi connectivity index (χ4v) is 5.36. The summed E-state index contributed by atoms with van der Waals surface area (Å²) in [6.07, 6.45) is 5.05. The van der Waals surface area contributed by atoms with Crippen LogP contribution in [0, 0.1) is 5.92 Å². The number of rotatable bonds is 3. The van der Waals surface area contributed by atoms with Crippen molar-refractivity contribution in [3.63, 3.8) is 0 Å². The van der Waals surface area contributed by atoms with E-state index in [0.717, 1.165) is 32.1 Å². The summed E-state index contributed by atoms with van der Waals surface area (Å²) in [4.78, 5) is 12.4. The molecule has 2 aliphatic rings. The van der Waals surface area contributed by atoms with Gasteiger partial charge in [0.1, 0.15) is 5.78 Å². The zero-order valence-electron chi connectivity index (χ0n) is 12.1. The van der Waals surface area contributed by atoms with Crippen molar-refractivity contribution in [2.45, 2.75) is 49.5 Å². The van der Waals surface area contributed by atoms with Crippen molar-refractivity contribution in [1.29, 1.82) is 0 Å². The Balaban J connectivity index is 1.92. The summed E-state index contributed by atoms with van der Waals surface area (Å²) in [7, 11) is -3.49. The van der Waals surface area contributed by atoms with Gasteiger partial charge in [-0.15, -0.1) is 0 Å². The van der Waals surface area contributed by atoms with E-state index >= 15 is 0 Å². The monoisotopic (exact) mass is 307 g/mol. The Kier molecular flexibility index (Phi) is 4.13. The quantitative estimate of drug-likeness (QED) is 0.862. The molecule has 1 aromatic rings. The van der Waals surface area contributed by atoms with Gasteiger partial charge in [0.25, 0.3) is 0 Å². The summed E-state index contributed by atoms with van der Waals surface area (Å²) < 4.78 is 27.3. The van der Waals surface area contributed by atoms with Crippen LogP contribution in [0.1, 0.15) is 38.5 Å². The minimum atomic E-state index is -3.49. The number of hydrogen-bond donors (Lipinski definition) is 0. The van der Waals surface area contributed by atoms with Crippen LogP contribution in [-0.4, -0.2) is 31.1 Å². The highest BCUT2D eigenvalue weighted by Crippen LogP contribution is 2.35. The van der Waals surface area contributed by atoms with E-state index < -0.39 is 10.0 Å². The molecule has 1 aliphatic carbocycles. The maximum Gasteiger partial charge on any atom is 0.243 e. The first-order valence-electron chi connectivity index (χ1n) is 7.70. The molecule has 0 radical (unpaired) electrons. The maximum atomic E-state index is 12.9. The van der Waals surface area contributed by atoms with Crippen molar-refractivity contribution >= 4 is 15.8 Å². The molecule has 0 spiro atoms. The molecule has 1 heterocycles. The van der Waals surface area contributed by atoms with Crippen LogP contribution in [0.25, 0.3) is 0 Å². The number of nitrogens with zero attached hydrogens (tertiary/aromatic N) is 1. The van der Waals surface area contributed by atoms with Gasteiger partial charge in [0.15, 0.2) is 0 Å². The average molecular weight is 307 g/mol. The summed E-state index contributed by atoms with van der Waals surface area (Å²) in [5.41, 5.74) is 0. The lowest BCUT2D eigenvalue weighted by atomic mass is 9.90. The number of carbonyl (C=O) groups is 1. The lowest BCUT2D eigenvalue weighted by Crippen LogP contribution is -2.48. The van der Waals surface area contributed by atoms with E-state index in [1.165, 1.54) is 0 Å². The van der Waals surface area contributed by atoms with Gasteiger partial charge in [-0.25, -0.2) is 8.42 Å². The Morgan fingerprint density at radius 1 is 1.00 bits per heavy atom. The lowest BCUT2D eigenvalue weighted by molar-refractivity contribution is -0.122. The van der Waals surface area contributed by atoms with Gasteiger partial charge in [0.05, 0.1) is 4.90 Å². The predicted molar refractivity (Wildman–Crippen MR) is 80.3 cm³/mol. The van der Waals surface area contributed by atoms with Crippen LogP contribution < -0.4 is 0 Å². The molecule has 3 rings (SSSR count). The number of benzene rings is 1. The molecular formula is C16H21NO3S. The summed E-state index contributed by atoms with van der Waals surface area (Å²) in [6, 6.07) is 8.43. The molecule has 0 amide bonds. The molecule has 2 atom stereocenters. The van der Waals surface area contributed by atoms with Gasteiger partial charge < -0.3 is 0 Å². The SMILES string of the molecule is O=C1CCCC1C1CCCCN1S(=O)(=O)c1ccccc1. The molecule has 21 heavy (non-hydrogen) atoms. The standard InChI is InChI=1S/C16H21NO3S/c18-16-11-6-9-14(16)15-10-4-5-12-17(15)21(19,20)13-7-2-1-3-8-13/h1-3,7-8,14-15H,4-6,9-12H2. The van der Waals surface area contributed by atoms with Gasteiger partial charge in [0, 0.05) is 24.9 Å². The van der Waals surface area contributed by atoms with E-state index in [2.05, 4.69) is 0 Å². The van der Waals surface area contributed by atoms with E-state index in [0.29, 0.717) is 17.9 Å². The third-order valence-corrected chi connectivity index (χ3v) is 6.60. The second kappa shape index (κ2) is 5.89. The van der Waals surface area contributed by atoms with Crippen LogP contribution in [0.3, 0.4) is 0 Å². The highest BCUT2D eigenvalue weighted by atomic mass is 32.2. The molecule has 1 aromatic carbocycles. The molecule has 1 saturated heterocycles. The van der Waals surface area contributed by atoms with Crippen molar-refractivity contribution in [1.82, 2.24) is 4.31 Å². The first-order chi connectivity index (χ1) is 10.1. The Morgan fingerprint density at radius 2 is 1.76 bits per heavy atom. The Labute approximate surface area is 126 Å². The van der Waals surface area contributed by atoms with E-state index in [1.807, 2.05) is 6.07 Å². The first-order valence-corrected chi connectivity index (χ1v) is 9.14. The zero-order chi connectivity index (χ0) is 14.9. The molecule has 1 aliphatic heterocycles. The molecule has 1 saturated carbocycles. The van der Waals surface area contributed by atoms with Crippen LogP contribution in [0.4, 0.5) is 0 Å². The predicted octanol–water partition coefficient (Wildman–Crippen LogP) is 2.60. The topological polar surface area (TPSA) is 54.5 Å². The molecule has 114 valence electrons. The van der Waals surface area contributed by atoms with Crippen LogP contribution >= 0.6 is 0 Å². The van der Waals surface area contributed by atoms with Crippen molar-refractivity contribution in [3.05, 3.63) is 30.3 Å².